The Bertz CT molecular complexity index is 286. The highest BCUT2D eigenvalue weighted by Gasteiger charge is 2.52. The van der Waals surface area contributed by atoms with Crippen LogP contribution in [0.15, 0.2) is 0 Å². The summed E-state index contributed by atoms with van der Waals surface area (Å²) in [6, 6.07) is 0.211. The third-order valence-electron chi connectivity index (χ3n) is 4.32. The van der Waals surface area contributed by atoms with E-state index in [-0.39, 0.29) is 17.4 Å². The second-order valence-electron chi connectivity index (χ2n) is 6.29. The van der Waals surface area contributed by atoms with Gasteiger partial charge in [-0.05, 0) is 37.5 Å². The molecule has 1 saturated heterocycles. The first-order valence-electron chi connectivity index (χ1n) is 6.46. The molecular weight excluding hydrogens is 200 g/mol. The molecule has 92 valence electrons. The summed E-state index contributed by atoms with van der Waals surface area (Å²) in [7, 11) is 0. The standard InChI is InChI=1S/C13H24N2O/c1-9(14)10-5-4-6-15(8-10)12(16)11-7-13(11,2)3/h9-11H,4-8,14H2,1-3H3. The molecule has 3 heteroatoms. The molecule has 16 heavy (non-hydrogen) atoms. The van der Waals surface area contributed by atoms with Gasteiger partial charge in [-0.2, -0.15) is 0 Å². The van der Waals surface area contributed by atoms with Gasteiger partial charge in [-0.1, -0.05) is 13.8 Å². The van der Waals surface area contributed by atoms with E-state index in [9.17, 15) is 4.79 Å². The Balaban J connectivity index is 1.92. The smallest absolute Gasteiger partial charge is 0.226 e. The van der Waals surface area contributed by atoms with Crippen LogP contribution in [-0.2, 0) is 4.79 Å². The predicted molar refractivity (Wildman–Crippen MR) is 64.8 cm³/mol. The zero-order chi connectivity index (χ0) is 11.9. The largest absolute Gasteiger partial charge is 0.342 e. The molecular formula is C13H24N2O. The molecule has 3 unspecified atom stereocenters. The van der Waals surface area contributed by atoms with Crippen molar-refractivity contribution in [2.45, 2.75) is 46.1 Å². The van der Waals surface area contributed by atoms with Gasteiger partial charge in [0.15, 0.2) is 0 Å². The second-order valence-corrected chi connectivity index (χ2v) is 6.29. The molecule has 2 N–H and O–H groups in total. The number of nitrogens with two attached hydrogens (primary N) is 1. The van der Waals surface area contributed by atoms with Crippen LogP contribution in [0.3, 0.4) is 0 Å². The summed E-state index contributed by atoms with van der Waals surface area (Å²) in [6.45, 7) is 8.24. The number of amides is 1. The van der Waals surface area contributed by atoms with E-state index in [1.165, 1.54) is 6.42 Å². The minimum absolute atomic E-state index is 0.211. The Labute approximate surface area is 98.4 Å². The zero-order valence-electron chi connectivity index (χ0n) is 10.7. The van der Waals surface area contributed by atoms with E-state index < -0.39 is 0 Å². The highest BCUT2D eigenvalue weighted by molar-refractivity contribution is 5.82. The summed E-state index contributed by atoms with van der Waals surface area (Å²) in [5.41, 5.74) is 6.18. The molecule has 0 aromatic carbocycles. The highest BCUT2D eigenvalue weighted by atomic mass is 16.2. The summed E-state index contributed by atoms with van der Waals surface area (Å²) < 4.78 is 0. The first-order chi connectivity index (χ1) is 7.42. The Morgan fingerprint density at radius 3 is 2.62 bits per heavy atom. The van der Waals surface area contributed by atoms with Gasteiger partial charge in [0.2, 0.25) is 5.91 Å². The van der Waals surface area contributed by atoms with Crippen molar-refractivity contribution in [2.24, 2.45) is 23.0 Å². The maximum Gasteiger partial charge on any atom is 0.226 e. The first-order valence-corrected chi connectivity index (χ1v) is 6.46. The number of carbonyl (C=O) groups excluding carboxylic acids is 1. The van der Waals surface area contributed by atoms with Gasteiger partial charge in [-0.3, -0.25) is 4.79 Å². The Kier molecular flexibility index (Phi) is 2.99. The van der Waals surface area contributed by atoms with Crippen LogP contribution >= 0.6 is 0 Å². The van der Waals surface area contributed by atoms with Gasteiger partial charge in [-0.15, -0.1) is 0 Å². The van der Waals surface area contributed by atoms with E-state index in [1.54, 1.807) is 0 Å². The SMILES string of the molecule is CC(N)C1CCCN(C(=O)C2CC2(C)C)C1. The minimum Gasteiger partial charge on any atom is -0.342 e. The van der Waals surface area contributed by atoms with E-state index in [4.69, 9.17) is 5.73 Å². The molecule has 0 bridgehead atoms. The molecule has 1 aliphatic heterocycles. The topological polar surface area (TPSA) is 46.3 Å². The monoisotopic (exact) mass is 224 g/mol. The summed E-state index contributed by atoms with van der Waals surface area (Å²) in [5, 5.41) is 0. The molecule has 0 radical (unpaired) electrons. The average Bonchev–Trinajstić information content (AvgIpc) is 2.87. The molecule has 1 heterocycles. The van der Waals surface area contributed by atoms with Crippen molar-refractivity contribution in [3.63, 3.8) is 0 Å². The van der Waals surface area contributed by atoms with Crippen LogP contribution in [0.1, 0.15) is 40.0 Å². The third-order valence-corrected chi connectivity index (χ3v) is 4.32. The van der Waals surface area contributed by atoms with Crippen molar-refractivity contribution in [3.05, 3.63) is 0 Å². The molecule has 1 amide bonds. The van der Waals surface area contributed by atoms with Crippen LogP contribution < -0.4 is 5.73 Å². The quantitative estimate of drug-likeness (QED) is 0.774. The summed E-state index contributed by atoms with van der Waals surface area (Å²) >= 11 is 0. The maximum absolute atomic E-state index is 12.2. The van der Waals surface area contributed by atoms with Crippen molar-refractivity contribution in [2.75, 3.05) is 13.1 Å². The van der Waals surface area contributed by atoms with Gasteiger partial charge in [0.05, 0.1) is 0 Å². The average molecular weight is 224 g/mol. The van der Waals surface area contributed by atoms with Crippen molar-refractivity contribution in [1.82, 2.24) is 4.90 Å². The molecule has 1 saturated carbocycles. The summed E-state index contributed by atoms with van der Waals surface area (Å²) in [4.78, 5) is 14.3. The van der Waals surface area contributed by atoms with Crippen molar-refractivity contribution in [3.8, 4) is 0 Å². The Morgan fingerprint density at radius 2 is 2.12 bits per heavy atom. The van der Waals surface area contributed by atoms with E-state index in [0.29, 0.717) is 11.8 Å². The Morgan fingerprint density at radius 1 is 1.50 bits per heavy atom. The summed E-state index contributed by atoms with van der Waals surface area (Å²) in [6.07, 6.45) is 3.35. The summed E-state index contributed by atoms with van der Waals surface area (Å²) in [5.74, 6) is 1.15. The highest BCUT2D eigenvalue weighted by Crippen LogP contribution is 2.52. The van der Waals surface area contributed by atoms with Gasteiger partial charge < -0.3 is 10.6 Å². The fraction of sp³-hybridized carbons (Fsp3) is 0.923. The van der Waals surface area contributed by atoms with Crippen molar-refractivity contribution in [1.29, 1.82) is 0 Å². The van der Waals surface area contributed by atoms with Gasteiger partial charge >= 0.3 is 0 Å². The zero-order valence-corrected chi connectivity index (χ0v) is 10.7. The minimum atomic E-state index is 0.211. The molecule has 0 aromatic rings. The van der Waals surface area contributed by atoms with E-state index in [2.05, 4.69) is 25.7 Å². The van der Waals surface area contributed by atoms with Gasteiger partial charge in [-0.25, -0.2) is 0 Å². The number of likely N-dealkylation sites (tertiary alicyclic amines) is 1. The number of nitrogens with zero attached hydrogens (tertiary/aromatic N) is 1. The number of hydrogen-bond acceptors (Lipinski definition) is 2. The molecule has 1 aliphatic carbocycles. The maximum atomic E-state index is 12.2. The lowest BCUT2D eigenvalue weighted by atomic mass is 9.92. The molecule has 2 fully saturated rings. The number of rotatable bonds is 2. The lowest BCUT2D eigenvalue weighted by Gasteiger charge is -2.35. The second kappa shape index (κ2) is 4.02. The van der Waals surface area contributed by atoms with Crippen molar-refractivity contribution < 1.29 is 4.79 Å². The van der Waals surface area contributed by atoms with Gasteiger partial charge in [0.25, 0.3) is 0 Å². The lowest BCUT2D eigenvalue weighted by molar-refractivity contribution is -0.135. The van der Waals surface area contributed by atoms with Crippen LogP contribution in [0.25, 0.3) is 0 Å². The number of piperidine rings is 1. The van der Waals surface area contributed by atoms with E-state index >= 15 is 0 Å². The molecule has 0 aromatic heterocycles. The molecule has 2 rings (SSSR count). The fourth-order valence-corrected chi connectivity index (χ4v) is 2.75. The van der Waals surface area contributed by atoms with Crippen LogP contribution in [0.5, 0.6) is 0 Å². The first kappa shape index (κ1) is 11.9. The number of hydrogen-bond donors (Lipinski definition) is 1. The Hall–Kier alpha value is -0.570. The molecule has 3 atom stereocenters. The predicted octanol–water partition coefficient (Wildman–Crippen LogP) is 1.62. The van der Waals surface area contributed by atoms with Crippen LogP contribution in [0, 0.1) is 17.3 Å². The van der Waals surface area contributed by atoms with E-state index in [1.807, 2.05) is 0 Å². The van der Waals surface area contributed by atoms with Crippen LogP contribution in [0.4, 0.5) is 0 Å². The van der Waals surface area contributed by atoms with Gasteiger partial charge in [0, 0.05) is 25.0 Å². The van der Waals surface area contributed by atoms with Crippen LogP contribution in [0.2, 0.25) is 0 Å². The molecule has 3 nitrogen and oxygen atoms in total. The van der Waals surface area contributed by atoms with E-state index in [0.717, 1.165) is 25.9 Å². The number of carbonyl (C=O) groups is 1. The van der Waals surface area contributed by atoms with Crippen molar-refractivity contribution >= 4 is 5.91 Å². The van der Waals surface area contributed by atoms with Crippen LogP contribution in [-0.4, -0.2) is 29.9 Å². The van der Waals surface area contributed by atoms with Gasteiger partial charge in [0.1, 0.15) is 0 Å². The normalized spacial score (nSPS) is 34.6. The lowest BCUT2D eigenvalue weighted by Crippen LogP contribution is -2.45. The third kappa shape index (κ3) is 2.24. The fourth-order valence-electron chi connectivity index (χ4n) is 2.75. The molecule has 0 spiro atoms. The molecule has 2 aliphatic rings.